The molecule has 1 nitrogen and oxygen atoms in total. The quantitative estimate of drug-likeness (QED) is 0.809. The smallest absolute Gasteiger partial charge is 0.127 e. The molecule has 1 aliphatic heterocycles. The second-order valence-electron chi connectivity index (χ2n) is 5.07. The lowest BCUT2D eigenvalue weighted by Gasteiger charge is -2.42. The van der Waals surface area contributed by atoms with Gasteiger partial charge in [-0.25, -0.2) is 4.39 Å². The van der Waals surface area contributed by atoms with E-state index >= 15 is 0 Å². The number of nitrogens with one attached hydrogen (secondary N) is 1. The van der Waals surface area contributed by atoms with E-state index in [1.165, 1.54) is 0 Å². The van der Waals surface area contributed by atoms with Crippen molar-refractivity contribution in [1.82, 2.24) is 5.32 Å². The molecular weight excluding hydrogens is 201 g/mol. The van der Waals surface area contributed by atoms with Gasteiger partial charge in [0.05, 0.1) is 0 Å². The number of halogens is 1. The van der Waals surface area contributed by atoms with Crippen LogP contribution in [0.4, 0.5) is 4.39 Å². The Hall–Kier alpha value is -0.890. The number of rotatable bonds is 2. The monoisotopic (exact) mass is 221 g/mol. The normalized spacial score (nSPS) is 26.0. The van der Waals surface area contributed by atoms with Gasteiger partial charge in [-0.2, -0.15) is 0 Å². The van der Waals surface area contributed by atoms with Gasteiger partial charge in [0.1, 0.15) is 5.82 Å². The number of hydrogen-bond acceptors (Lipinski definition) is 1. The summed E-state index contributed by atoms with van der Waals surface area (Å²) in [6, 6.07) is 7.23. The molecule has 2 rings (SSSR count). The van der Waals surface area contributed by atoms with E-state index in [9.17, 15) is 4.39 Å². The third-order valence-electron chi connectivity index (χ3n) is 3.93. The molecule has 88 valence electrons. The maximum Gasteiger partial charge on any atom is 0.127 e. The summed E-state index contributed by atoms with van der Waals surface area (Å²) in [5.41, 5.74) is 0.862. The topological polar surface area (TPSA) is 12.0 Å². The van der Waals surface area contributed by atoms with Crippen molar-refractivity contribution in [2.75, 3.05) is 13.1 Å². The van der Waals surface area contributed by atoms with Crippen molar-refractivity contribution >= 4 is 0 Å². The summed E-state index contributed by atoms with van der Waals surface area (Å²) in [6.07, 6.45) is 2.21. The Bertz CT molecular complexity index is 354. The van der Waals surface area contributed by atoms with Crippen LogP contribution in [0.1, 0.15) is 32.3 Å². The molecule has 0 radical (unpaired) electrons. The lowest BCUT2D eigenvalue weighted by Crippen LogP contribution is -2.47. The van der Waals surface area contributed by atoms with E-state index in [2.05, 4.69) is 19.2 Å². The van der Waals surface area contributed by atoms with Gasteiger partial charge in [-0.1, -0.05) is 32.0 Å². The van der Waals surface area contributed by atoms with E-state index in [0.717, 1.165) is 31.5 Å². The molecule has 1 aromatic rings. The Kier molecular flexibility index (Phi) is 3.29. The highest BCUT2D eigenvalue weighted by atomic mass is 19.1. The van der Waals surface area contributed by atoms with Gasteiger partial charge in [-0.15, -0.1) is 0 Å². The molecule has 0 bridgehead atoms. The zero-order chi connectivity index (χ0) is 11.6. The molecule has 1 saturated heterocycles. The summed E-state index contributed by atoms with van der Waals surface area (Å²) in [5.74, 6) is 0.400. The van der Waals surface area contributed by atoms with E-state index in [0.29, 0.717) is 5.92 Å². The van der Waals surface area contributed by atoms with Gasteiger partial charge in [0, 0.05) is 12.0 Å². The second kappa shape index (κ2) is 4.54. The third kappa shape index (κ3) is 1.86. The summed E-state index contributed by atoms with van der Waals surface area (Å²) < 4.78 is 14.0. The number of hydrogen-bond donors (Lipinski definition) is 1. The predicted octanol–water partition coefficient (Wildman–Crippen LogP) is 3.10. The van der Waals surface area contributed by atoms with Gasteiger partial charge in [-0.3, -0.25) is 0 Å². The van der Waals surface area contributed by atoms with Crippen molar-refractivity contribution in [1.29, 1.82) is 0 Å². The van der Waals surface area contributed by atoms with Crippen LogP contribution in [0.25, 0.3) is 0 Å². The zero-order valence-corrected chi connectivity index (χ0v) is 10.1. The average molecular weight is 221 g/mol. The highest BCUT2D eigenvalue weighted by Crippen LogP contribution is 2.39. The SMILES string of the molecule is CC(C)C1(c2ccccc2F)CCCNC1. The Morgan fingerprint density at radius 3 is 2.62 bits per heavy atom. The molecule has 16 heavy (non-hydrogen) atoms. The Morgan fingerprint density at radius 2 is 2.06 bits per heavy atom. The molecule has 2 heteroatoms. The molecule has 0 amide bonds. The van der Waals surface area contributed by atoms with Crippen LogP contribution < -0.4 is 5.32 Å². The molecule has 1 unspecified atom stereocenters. The number of piperidine rings is 1. The molecule has 1 atom stereocenters. The molecule has 0 aromatic heterocycles. The molecule has 0 saturated carbocycles. The van der Waals surface area contributed by atoms with Gasteiger partial charge in [-0.05, 0) is 36.9 Å². The molecule has 0 spiro atoms. The minimum atomic E-state index is -0.0556. The Morgan fingerprint density at radius 1 is 1.31 bits per heavy atom. The largest absolute Gasteiger partial charge is 0.316 e. The number of benzene rings is 1. The van der Waals surface area contributed by atoms with E-state index in [1.54, 1.807) is 12.1 Å². The molecule has 1 N–H and O–H groups in total. The highest BCUT2D eigenvalue weighted by Gasteiger charge is 2.38. The average Bonchev–Trinajstić information content (AvgIpc) is 2.30. The van der Waals surface area contributed by atoms with Gasteiger partial charge in [0.2, 0.25) is 0 Å². The van der Waals surface area contributed by atoms with Gasteiger partial charge in [0.25, 0.3) is 0 Å². The summed E-state index contributed by atoms with van der Waals surface area (Å²) >= 11 is 0. The van der Waals surface area contributed by atoms with Crippen molar-refractivity contribution in [3.8, 4) is 0 Å². The molecular formula is C14H20FN. The van der Waals surface area contributed by atoms with Gasteiger partial charge in [0.15, 0.2) is 0 Å². The van der Waals surface area contributed by atoms with Crippen molar-refractivity contribution < 1.29 is 4.39 Å². The van der Waals surface area contributed by atoms with E-state index < -0.39 is 0 Å². The van der Waals surface area contributed by atoms with Crippen LogP contribution in [-0.2, 0) is 5.41 Å². The predicted molar refractivity (Wildman–Crippen MR) is 65.0 cm³/mol. The van der Waals surface area contributed by atoms with Crippen molar-refractivity contribution in [2.45, 2.75) is 32.1 Å². The summed E-state index contributed by atoms with van der Waals surface area (Å²) in [6.45, 7) is 6.34. The van der Waals surface area contributed by atoms with E-state index in [4.69, 9.17) is 0 Å². The summed E-state index contributed by atoms with van der Waals surface area (Å²) in [7, 11) is 0. The van der Waals surface area contributed by atoms with Crippen LogP contribution >= 0.6 is 0 Å². The van der Waals surface area contributed by atoms with Crippen LogP contribution in [0.5, 0.6) is 0 Å². The van der Waals surface area contributed by atoms with Crippen LogP contribution in [0.2, 0.25) is 0 Å². The van der Waals surface area contributed by atoms with Crippen molar-refractivity contribution in [3.05, 3.63) is 35.6 Å². The fraction of sp³-hybridized carbons (Fsp3) is 0.571. The Labute approximate surface area is 97.1 Å². The van der Waals surface area contributed by atoms with Gasteiger partial charge >= 0.3 is 0 Å². The molecule has 1 fully saturated rings. The van der Waals surface area contributed by atoms with E-state index in [1.807, 2.05) is 12.1 Å². The molecule has 1 heterocycles. The Balaban J connectivity index is 2.43. The van der Waals surface area contributed by atoms with Crippen molar-refractivity contribution in [3.63, 3.8) is 0 Å². The summed E-state index contributed by atoms with van der Waals surface area (Å²) in [5, 5.41) is 3.42. The maximum absolute atomic E-state index is 14.0. The molecule has 1 aliphatic rings. The minimum absolute atomic E-state index is 0.0242. The first-order chi connectivity index (χ1) is 7.67. The fourth-order valence-electron chi connectivity index (χ4n) is 2.83. The summed E-state index contributed by atoms with van der Waals surface area (Å²) in [4.78, 5) is 0. The fourth-order valence-corrected chi connectivity index (χ4v) is 2.83. The third-order valence-corrected chi connectivity index (χ3v) is 3.93. The molecule has 0 aliphatic carbocycles. The van der Waals surface area contributed by atoms with Crippen LogP contribution in [0.3, 0.4) is 0 Å². The minimum Gasteiger partial charge on any atom is -0.316 e. The molecule has 1 aromatic carbocycles. The maximum atomic E-state index is 14.0. The van der Waals surface area contributed by atoms with Crippen LogP contribution in [0.15, 0.2) is 24.3 Å². The van der Waals surface area contributed by atoms with Crippen molar-refractivity contribution in [2.24, 2.45) is 5.92 Å². The zero-order valence-electron chi connectivity index (χ0n) is 10.1. The lowest BCUT2D eigenvalue weighted by atomic mass is 9.67. The standard InChI is InChI=1S/C14H20FN/c1-11(2)14(8-5-9-16-10-14)12-6-3-4-7-13(12)15/h3-4,6-7,11,16H,5,8-10H2,1-2H3. The van der Waals surface area contributed by atoms with Crippen LogP contribution in [-0.4, -0.2) is 13.1 Å². The first-order valence-electron chi connectivity index (χ1n) is 6.12. The first-order valence-corrected chi connectivity index (χ1v) is 6.12. The van der Waals surface area contributed by atoms with Crippen LogP contribution in [0, 0.1) is 11.7 Å². The van der Waals surface area contributed by atoms with E-state index in [-0.39, 0.29) is 11.2 Å². The second-order valence-corrected chi connectivity index (χ2v) is 5.07. The van der Waals surface area contributed by atoms with Gasteiger partial charge < -0.3 is 5.32 Å². The highest BCUT2D eigenvalue weighted by molar-refractivity contribution is 5.29. The first kappa shape index (κ1) is 11.6. The lowest BCUT2D eigenvalue weighted by molar-refractivity contribution is 0.226.